The van der Waals surface area contributed by atoms with Gasteiger partial charge in [-0.15, -0.1) is 0 Å². The fourth-order valence-corrected chi connectivity index (χ4v) is 1.62. The second-order valence-corrected chi connectivity index (χ2v) is 4.72. The fraction of sp³-hybridized carbons (Fsp3) is 0.667. The average Bonchev–Trinajstić information content (AvgIpc) is 2.67. The highest BCUT2D eigenvalue weighted by atomic mass is 16.2. The maximum Gasteiger partial charge on any atom is 0.276 e. The van der Waals surface area contributed by atoms with Gasteiger partial charge in [-0.25, -0.2) is 0 Å². The van der Waals surface area contributed by atoms with Crippen molar-refractivity contribution in [2.75, 3.05) is 12.8 Å². The van der Waals surface area contributed by atoms with Crippen molar-refractivity contribution < 1.29 is 4.79 Å². The van der Waals surface area contributed by atoms with Gasteiger partial charge in [0, 0.05) is 13.1 Å². The minimum absolute atomic E-state index is 0.125. The Morgan fingerprint density at radius 1 is 1.47 bits per heavy atom. The predicted octanol–water partition coefficient (Wildman–Crippen LogP) is 1.67. The number of amides is 1. The highest BCUT2D eigenvalue weighted by Crippen LogP contribution is 2.18. The Kier molecular flexibility index (Phi) is 4.15. The number of nitrogens with one attached hydrogen (secondary N) is 1. The smallest absolute Gasteiger partial charge is 0.276 e. The highest BCUT2D eigenvalue weighted by molar-refractivity contribution is 5.97. The first kappa shape index (κ1) is 13.5. The largest absolute Gasteiger partial charge is 0.395 e. The van der Waals surface area contributed by atoms with E-state index in [0.717, 1.165) is 12.1 Å². The van der Waals surface area contributed by atoms with E-state index in [-0.39, 0.29) is 11.9 Å². The lowest BCUT2D eigenvalue weighted by Crippen LogP contribution is -2.38. The van der Waals surface area contributed by atoms with E-state index in [4.69, 9.17) is 5.73 Å². The third-order valence-electron chi connectivity index (χ3n) is 3.34. The van der Waals surface area contributed by atoms with Gasteiger partial charge in [-0.2, -0.15) is 5.10 Å². The summed E-state index contributed by atoms with van der Waals surface area (Å²) in [6.07, 6.45) is 0.746. The number of aromatic amines is 1. The molecular formula is C12H22N4O. The summed E-state index contributed by atoms with van der Waals surface area (Å²) in [5.74, 6) is 0.273. The molecule has 1 rings (SSSR count). The predicted molar refractivity (Wildman–Crippen MR) is 68.8 cm³/mol. The molecule has 1 atom stereocenters. The lowest BCUT2D eigenvalue weighted by atomic mass is 10.0. The third kappa shape index (κ3) is 2.60. The number of aryl methyl sites for hydroxylation is 1. The van der Waals surface area contributed by atoms with Crippen molar-refractivity contribution in [3.8, 4) is 0 Å². The van der Waals surface area contributed by atoms with Gasteiger partial charge in [0.25, 0.3) is 5.91 Å². The molecule has 0 radical (unpaired) electrons. The molecule has 1 unspecified atom stereocenters. The van der Waals surface area contributed by atoms with Crippen LogP contribution in [0.25, 0.3) is 0 Å². The Hall–Kier alpha value is -1.52. The third-order valence-corrected chi connectivity index (χ3v) is 3.34. The molecule has 0 spiro atoms. The van der Waals surface area contributed by atoms with Crippen LogP contribution in [0.5, 0.6) is 0 Å². The number of anilines is 1. The van der Waals surface area contributed by atoms with Crippen molar-refractivity contribution in [1.82, 2.24) is 15.1 Å². The van der Waals surface area contributed by atoms with Crippen LogP contribution in [0.15, 0.2) is 0 Å². The lowest BCUT2D eigenvalue weighted by Gasteiger charge is -2.27. The zero-order valence-corrected chi connectivity index (χ0v) is 11.2. The van der Waals surface area contributed by atoms with E-state index in [0.29, 0.717) is 17.3 Å². The summed E-state index contributed by atoms with van der Waals surface area (Å²) in [6.45, 7) is 8.16. The molecule has 96 valence electrons. The number of carbonyl (C=O) groups is 1. The van der Waals surface area contributed by atoms with E-state index in [2.05, 4.69) is 24.0 Å². The maximum atomic E-state index is 12.2. The molecule has 5 nitrogen and oxygen atoms in total. The number of hydrogen-bond acceptors (Lipinski definition) is 3. The van der Waals surface area contributed by atoms with Crippen LogP contribution >= 0.6 is 0 Å². The summed E-state index contributed by atoms with van der Waals surface area (Å²) in [7, 11) is 1.78. The number of nitrogens with two attached hydrogens (primary N) is 1. The van der Waals surface area contributed by atoms with E-state index in [1.807, 2.05) is 13.8 Å². The normalized spacial score (nSPS) is 12.8. The average molecular weight is 238 g/mol. The van der Waals surface area contributed by atoms with Crippen molar-refractivity contribution in [3.05, 3.63) is 11.4 Å². The van der Waals surface area contributed by atoms with E-state index in [9.17, 15) is 4.79 Å². The van der Waals surface area contributed by atoms with Crippen LogP contribution in [0.3, 0.4) is 0 Å². The van der Waals surface area contributed by atoms with Gasteiger partial charge < -0.3 is 10.6 Å². The number of nitrogen functional groups attached to an aromatic ring is 1. The first-order valence-corrected chi connectivity index (χ1v) is 6.00. The molecule has 5 heteroatoms. The quantitative estimate of drug-likeness (QED) is 0.837. The van der Waals surface area contributed by atoms with Gasteiger partial charge >= 0.3 is 0 Å². The molecule has 0 aliphatic rings. The van der Waals surface area contributed by atoms with Crippen LogP contribution in [-0.4, -0.2) is 34.1 Å². The number of carbonyl (C=O) groups excluding carboxylic acids is 1. The van der Waals surface area contributed by atoms with Gasteiger partial charge in [0.2, 0.25) is 0 Å². The summed E-state index contributed by atoms with van der Waals surface area (Å²) in [4.78, 5) is 13.9. The van der Waals surface area contributed by atoms with E-state index < -0.39 is 0 Å². The summed E-state index contributed by atoms with van der Waals surface area (Å²) in [5.41, 5.74) is 7.51. The monoisotopic (exact) mass is 238 g/mol. The molecule has 0 aromatic carbocycles. The fourth-order valence-electron chi connectivity index (χ4n) is 1.62. The van der Waals surface area contributed by atoms with Crippen molar-refractivity contribution in [2.24, 2.45) is 5.92 Å². The van der Waals surface area contributed by atoms with E-state index >= 15 is 0 Å². The van der Waals surface area contributed by atoms with Crippen LogP contribution in [0, 0.1) is 5.92 Å². The molecule has 17 heavy (non-hydrogen) atoms. The van der Waals surface area contributed by atoms with Gasteiger partial charge in [-0.3, -0.25) is 9.89 Å². The Bertz CT molecular complexity index is 397. The van der Waals surface area contributed by atoms with Crippen LogP contribution < -0.4 is 5.73 Å². The molecule has 0 saturated carbocycles. The Morgan fingerprint density at radius 2 is 2.06 bits per heavy atom. The van der Waals surface area contributed by atoms with Gasteiger partial charge in [0.15, 0.2) is 5.69 Å². The molecular weight excluding hydrogens is 216 g/mol. The number of H-pyrrole nitrogens is 1. The van der Waals surface area contributed by atoms with Crippen LogP contribution in [0.1, 0.15) is 43.9 Å². The van der Waals surface area contributed by atoms with Gasteiger partial charge in [0.05, 0.1) is 11.4 Å². The number of aromatic nitrogens is 2. The van der Waals surface area contributed by atoms with Crippen LogP contribution in [0.2, 0.25) is 0 Å². The minimum Gasteiger partial charge on any atom is -0.395 e. The molecule has 0 aliphatic heterocycles. The maximum absolute atomic E-state index is 12.2. The molecule has 1 aromatic rings. The topological polar surface area (TPSA) is 75.0 Å². The molecule has 1 heterocycles. The summed E-state index contributed by atoms with van der Waals surface area (Å²) in [5, 5.41) is 6.81. The second kappa shape index (κ2) is 5.21. The van der Waals surface area contributed by atoms with E-state index in [1.165, 1.54) is 0 Å². The molecule has 1 aromatic heterocycles. The highest BCUT2D eigenvalue weighted by Gasteiger charge is 2.24. The molecule has 1 amide bonds. The Balaban J connectivity index is 2.92. The van der Waals surface area contributed by atoms with Crippen LogP contribution in [-0.2, 0) is 6.42 Å². The SMILES string of the molecule is CCc1[nH]nc(C(=O)N(C)C(C)C(C)C)c1N. The molecule has 0 saturated heterocycles. The van der Waals surface area contributed by atoms with Crippen molar-refractivity contribution >= 4 is 11.6 Å². The first-order valence-electron chi connectivity index (χ1n) is 6.00. The van der Waals surface area contributed by atoms with Gasteiger partial charge in [-0.05, 0) is 19.3 Å². The molecule has 3 N–H and O–H groups in total. The second-order valence-electron chi connectivity index (χ2n) is 4.72. The number of nitrogens with zero attached hydrogens (tertiary/aromatic N) is 2. The summed E-state index contributed by atoms with van der Waals surface area (Å²) < 4.78 is 0. The number of hydrogen-bond donors (Lipinski definition) is 2. The standard InChI is InChI=1S/C12H22N4O/c1-6-9-10(13)11(15-14-9)12(17)16(5)8(4)7(2)3/h7-8H,6,13H2,1-5H3,(H,14,15). The van der Waals surface area contributed by atoms with Gasteiger partial charge in [0.1, 0.15) is 0 Å². The van der Waals surface area contributed by atoms with Crippen molar-refractivity contribution in [2.45, 2.75) is 40.2 Å². The zero-order valence-electron chi connectivity index (χ0n) is 11.2. The van der Waals surface area contributed by atoms with E-state index in [1.54, 1.807) is 11.9 Å². The Morgan fingerprint density at radius 3 is 2.47 bits per heavy atom. The zero-order chi connectivity index (χ0) is 13.2. The molecule has 0 bridgehead atoms. The number of rotatable bonds is 4. The Labute approximate surface area is 102 Å². The first-order chi connectivity index (χ1) is 7.90. The van der Waals surface area contributed by atoms with Crippen molar-refractivity contribution in [3.63, 3.8) is 0 Å². The minimum atomic E-state index is -0.125. The molecule has 0 fully saturated rings. The lowest BCUT2D eigenvalue weighted by molar-refractivity contribution is 0.0702. The van der Waals surface area contributed by atoms with Gasteiger partial charge in [-0.1, -0.05) is 20.8 Å². The molecule has 0 aliphatic carbocycles. The summed E-state index contributed by atoms with van der Waals surface area (Å²) in [6, 6.07) is 0.156. The van der Waals surface area contributed by atoms with Crippen molar-refractivity contribution in [1.29, 1.82) is 0 Å². The summed E-state index contributed by atoms with van der Waals surface area (Å²) >= 11 is 0. The van der Waals surface area contributed by atoms with Crippen LogP contribution in [0.4, 0.5) is 5.69 Å².